The maximum absolute atomic E-state index is 11.8. The van der Waals surface area contributed by atoms with E-state index in [4.69, 9.17) is 0 Å². The molecule has 0 aromatic carbocycles. The maximum atomic E-state index is 11.8. The Kier molecular flexibility index (Phi) is 4.99. The Bertz CT molecular complexity index is 297. The fraction of sp³-hybridized carbons (Fsp3) is 0.846. The van der Waals surface area contributed by atoms with Crippen LogP contribution < -0.4 is 16.0 Å². The molecule has 1 saturated carbocycles. The Balaban J connectivity index is 1.51. The molecular weight excluding hydrogens is 230 g/mol. The van der Waals surface area contributed by atoms with Crippen LogP contribution in [0.3, 0.4) is 0 Å². The third-order valence-corrected chi connectivity index (χ3v) is 3.49. The maximum Gasteiger partial charge on any atom is 0.224 e. The molecule has 18 heavy (non-hydrogen) atoms. The van der Waals surface area contributed by atoms with Crippen molar-refractivity contribution in [2.45, 2.75) is 44.6 Å². The van der Waals surface area contributed by atoms with E-state index in [2.05, 4.69) is 16.0 Å². The summed E-state index contributed by atoms with van der Waals surface area (Å²) in [6, 6.07) is 0.431. The Morgan fingerprint density at radius 3 is 2.72 bits per heavy atom. The van der Waals surface area contributed by atoms with Crippen molar-refractivity contribution in [3.63, 3.8) is 0 Å². The highest BCUT2D eigenvalue weighted by Gasteiger charge is 2.23. The quantitative estimate of drug-likeness (QED) is 0.591. The predicted molar refractivity (Wildman–Crippen MR) is 69.0 cm³/mol. The van der Waals surface area contributed by atoms with Crippen molar-refractivity contribution in [3.05, 3.63) is 0 Å². The molecule has 0 radical (unpaired) electrons. The fourth-order valence-electron chi connectivity index (χ4n) is 2.21. The molecular formula is C13H23N3O2. The number of hydrogen-bond donors (Lipinski definition) is 3. The van der Waals surface area contributed by atoms with Gasteiger partial charge in [-0.3, -0.25) is 9.59 Å². The molecule has 0 bridgehead atoms. The average molecular weight is 253 g/mol. The first-order chi connectivity index (χ1) is 8.75. The lowest BCUT2D eigenvalue weighted by Crippen LogP contribution is -2.41. The van der Waals surface area contributed by atoms with Crippen molar-refractivity contribution in [1.29, 1.82) is 0 Å². The van der Waals surface area contributed by atoms with Crippen molar-refractivity contribution >= 4 is 11.8 Å². The van der Waals surface area contributed by atoms with Gasteiger partial charge in [-0.2, -0.15) is 0 Å². The molecule has 1 heterocycles. The van der Waals surface area contributed by atoms with E-state index >= 15 is 0 Å². The molecule has 5 heteroatoms. The zero-order valence-corrected chi connectivity index (χ0v) is 10.8. The first-order valence-electron chi connectivity index (χ1n) is 7.03. The second kappa shape index (κ2) is 6.73. The van der Waals surface area contributed by atoms with Crippen molar-refractivity contribution in [2.75, 3.05) is 19.6 Å². The van der Waals surface area contributed by atoms with Crippen LogP contribution in [-0.2, 0) is 9.59 Å². The van der Waals surface area contributed by atoms with Crippen LogP contribution in [0.15, 0.2) is 0 Å². The van der Waals surface area contributed by atoms with Crippen LogP contribution in [0.4, 0.5) is 0 Å². The molecule has 1 aliphatic heterocycles. The van der Waals surface area contributed by atoms with Crippen molar-refractivity contribution in [2.24, 2.45) is 5.92 Å². The molecule has 102 valence electrons. The van der Waals surface area contributed by atoms with E-state index in [1.165, 1.54) is 0 Å². The van der Waals surface area contributed by atoms with Crippen molar-refractivity contribution in [1.82, 2.24) is 16.0 Å². The predicted octanol–water partition coefficient (Wildman–Crippen LogP) is 0.161. The summed E-state index contributed by atoms with van der Waals surface area (Å²) in [5.74, 6) is 0.356. The molecule has 0 spiro atoms. The Hall–Kier alpha value is -1.10. The van der Waals surface area contributed by atoms with Crippen LogP contribution >= 0.6 is 0 Å². The Morgan fingerprint density at radius 2 is 2.06 bits per heavy atom. The van der Waals surface area contributed by atoms with Gasteiger partial charge in [0.15, 0.2) is 0 Å². The van der Waals surface area contributed by atoms with Crippen molar-refractivity contribution in [3.8, 4) is 0 Å². The first-order valence-corrected chi connectivity index (χ1v) is 7.03. The van der Waals surface area contributed by atoms with Crippen LogP contribution in [0.25, 0.3) is 0 Å². The highest BCUT2D eigenvalue weighted by Crippen LogP contribution is 2.18. The third-order valence-electron chi connectivity index (χ3n) is 3.49. The van der Waals surface area contributed by atoms with Gasteiger partial charge >= 0.3 is 0 Å². The molecule has 2 rings (SSSR count). The minimum atomic E-state index is 0.110. The van der Waals surface area contributed by atoms with Gasteiger partial charge in [-0.25, -0.2) is 0 Å². The summed E-state index contributed by atoms with van der Waals surface area (Å²) in [4.78, 5) is 23.2. The first kappa shape index (κ1) is 13.3. The topological polar surface area (TPSA) is 70.2 Å². The van der Waals surface area contributed by atoms with E-state index < -0.39 is 0 Å². The van der Waals surface area contributed by atoms with Gasteiger partial charge in [-0.1, -0.05) is 0 Å². The molecule has 1 atom stereocenters. The molecule has 0 aromatic rings. The van der Waals surface area contributed by atoms with Crippen LogP contribution in [0.1, 0.15) is 38.5 Å². The largest absolute Gasteiger partial charge is 0.356 e. The SMILES string of the molecule is O=C(CCCNC(=O)[C@H]1CCCNC1)NC1CC1. The van der Waals surface area contributed by atoms with Crippen LogP contribution in [0.2, 0.25) is 0 Å². The van der Waals surface area contributed by atoms with E-state index in [1.54, 1.807) is 0 Å². The lowest BCUT2D eigenvalue weighted by atomic mass is 9.99. The van der Waals surface area contributed by atoms with E-state index in [-0.39, 0.29) is 17.7 Å². The van der Waals surface area contributed by atoms with Gasteiger partial charge in [0.05, 0.1) is 5.92 Å². The molecule has 2 amide bonds. The van der Waals surface area contributed by atoms with Gasteiger partial charge in [0.2, 0.25) is 11.8 Å². The molecule has 2 aliphatic rings. The van der Waals surface area contributed by atoms with Gasteiger partial charge in [-0.05, 0) is 38.6 Å². The van der Waals surface area contributed by atoms with Crippen LogP contribution in [-0.4, -0.2) is 37.5 Å². The number of nitrogens with one attached hydrogen (secondary N) is 3. The Labute approximate surface area is 108 Å². The molecule has 3 N–H and O–H groups in total. The lowest BCUT2D eigenvalue weighted by Gasteiger charge is -2.21. The van der Waals surface area contributed by atoms with E-state index in [0.29, 0.717) is 19.0 Å². The summed E-state index contributed by atoms with van der Waals surface area (Å²) in [5.41, 5.74) is 0. The summed E-state index contributed by atoms with van der Waals surface area (Å²) in [5, 5.41) is 9.09. The van der Waals surface area contributed by atoms with Crippen LogP contribution in [0.5, 0.6) is 0 Å². The second-order valence-electron chi connectivity index (χ2n) is 5.28. The number of amides is 2. The van der Waals surface area contributed by atoms with Gasteiger partial charge in [-0.15, -0.1) is 0 Å². The number of carbonyl (C=O) groups excluding carboxylic acids is 2. The van der Waals surface area contributed by atoms with Gasteiger partial charge < -0.3 is 16.0 Å². The van der Waals surface area contributed by atoms with Crippen LogP contribution in [0, 0.1) is 5.92 Å². The molecule has 5 nitrogen and oxygen atoms in total. The fourth-order valence-corrected chi connectivity index (χ4v) is 2.21. The van der Waals surface area contributed by atoms with Crippen molar-refractivity contribution < 1.29 is 9.59 Å². The highest BCUT2D eigenvalue weighted by atomic mass is 16.2. The highest BCUT2D eigenvalue weighted by molar-refractivity contribution is 5.79. The third kappa shape index (κ3) is 4.64. The number of piperidine rings is 1. The minimum Gasteiger partial charge on any atom is -0.356 e. The van der Waals surface area contributed by atoms with Gasteiger partial charge in [0, 0.05) is 25.6 Å². The number of hydrogen-bond acceptors (Lipinski definition) is 3. The van der Waals surface area contributed by atoms with E-state index in [0.717, 1.165) is 45.2 Å². The van der Waals surface area contributed by atoms with Gasteiger partial charge in [0.1, 0.15) is 0 Å². The average Bonchev–Trinajstić information content (AvgIpc) is 3.19. The van der Waals surface area contributed by atoms with E-state index in [9.17, 15) is 9.59 Å². The summed E-state index contributed by atoms with van der Waals surface area (Å²) < 4.78 is 0. The summed E-state index contributed by atoms with van der Waals surface area (Å²) in [6.07, 6.45) is 5.53. The lowest BCUT2D eigenvalue weighted by molar-refractivity contribution is -0.126. The molecule has 2 fully saturated rings. The standard InChI is InChI=1S/C13H23N3O2/c17-12(16-11-5-6-11)4-2-8-15-13(18)10-3-1-7-14-9-10/h10-11,14H,1-9H2,(H,15,18)(H,16,17)/t10-/m0/s1. The second-order valence-corrected chi connectivity index (χ2v) is 5.28. The number of rotatable bonds is 6. The van der Waals surface area contributed by atoms with Gasteiger partial charge in [0.25, 0.3) is 0 Å². The molecule has 0 unspecified atom stereocenters. The summed E-state index contributed by atoms with van der Waals surface area (Å²) in [6.45, 7) is 2.41. The summed E-state index contributed by atoms with van der Waals surface area (Å²) in [7, 11) is 0. The van der Waals surface area contributed by atoms with E-state index in [1.807, 2.05) is 0 Å². The zero-order valence-electron chi connectivity index (χ0n) is 10.8. The molecule has 1 saturated heterocycles. The summed E-state index contributed by atoms with van der Waals surface area (Å²) >= 11 is 0. The molecule has 1 aliphatic carbocycles. The Morgan fingerprint density at radius 1 is 1.22 bits per heavy atom. The zero-order chi connectivity index (χ0) is 12.8. The molecule has 0 aromatic heterocycles. The monoisotopic (exact) mass is 253 g/mol. The number of carbonyl (C=O) groups is 2. The normalized spacial score (nSPS) is 23.4. The smallest absolute Gasteiger partial charge is 0.224 e. The minimum absolute atomic E-state index is 0.110.